The lowest BCUT2D eigenvalue weighted by Crippen LogP contribution is -2.45. The van der Waals surface area contributed by atoms with Gasteiger partial charge in [-0.05, 0) is 54.6 Å². The molecular formula is C20H21N3O. The van der Waals surface area contributed by atoms with Gasteiger partial charge in [0.2, 0.25) is 0 Å². The monoisotopic (exact) mass is 319 g/mol. The number of likely N-dealkylation sites (tertiary alicyclic amines) is 1. The van der Waals surface area contributed by atoms with Crippen molar-refractivity contribution >= 4 is 10.9 Å². The summed E-state index contributed by atoms with van der Waals surface area (Å²) in [6.07, 6.45) is 3.17. The van der Waals surface area contributed by atoms with Gasteiger partial charge in [0.05, 0.1) is 0 Å². The van der Waals surface area contributed by atoms with Crippen molar-refractivity contribution in [1.29, 1.82) is 0 Å². The van der Waals surface area contributed by atoms with Crippen molar-refractivity contribution in [2.45, 2.75) is 18.9 Å². The van der Waals surface area contributed by atoms with Crippen LogP contribution in [0.5, 0.6) is 0 Å². The Balaban J connectivity index is 1.72. The SMILES string of the molecule is CN1CC2CC(C1)c1c(-c3ccc4[nH]ccc4c3)ccc(=O)n1C2. The number of hydrogen-bond donors (Lipinski definition) is 1. The van der Waals surface area contributed by atoms with Crippen LogP contribution in [0.4, 0.5) is 0 Å². The summed E-state index contributed by atoms with van der Waals surface area (Å²) < 4.78 is 2.04. The molecule has 3 aromatic rings. The minimum Gasteiger partial charge on any atom is -0.361 e. The van der Waals surface area contributed by atoms with Crippen LogP contribution in [0.25, 0.3) is 22.0 Å². The van der Waals surface area contributed by atoms with Crippen molar-refractivity contribution in [2.75, 3.05) is 20.1 Å². The van der Waals surface area contributed by atoms with Crippen molar-refractivity contribution in [1.82, 2.24) is 14.5 Å². The average molecular weight is 319 g/mol. The smallest absolute Gasteiger partial charge is 0.250 e. The predicted octanol–water partition coefficient (Wildman–Crippen LogP) is 3.05. The normalized spacial score (nSPS) is 23.4. The van der Waals surface area contributed by atoms with Crippen LogP contribution >= 0.6 is 0 Å². The van der Waals surface area contributed by atoms with Crippen LogP contribution in [0.2, 0.25) is 0 Å². The summed E-state index contributed by atoms with van der Waals surface area (Å²) in [5.41, 5.74) is 4.96. The summed E-state index contributed by atoms with van der Waals surface area (Å²) in [6.45, 7) is 3.00. The molecule has 2 aromatic heterocycles. The molecule has 0 spiro atoms. The number of benzene rings is 1. The number of aromatic amines is 1. The molecule has 4 nitrogen and oxygen atoms in total. The number of fused-ring (bicyclic) bond motifs is 5. The van der Waals surface area contributed by atoms with Gasteiger partial charge in [-0.25, -0.2) is 0 Å². The number of aromatic nitrogens is 2. The van der Waals surface area contributed by atoms with E-state index in [1.54, 1.807) is 6.07 Å². The number of nitrogens with one attached hydrogen (secondary N) is 1. The number of pyridine rings is 1. The third kappa shape index (κ3) is 2.06. The van der Waals surface area contributed by atoms with E-state index in [1.807, 2.05) is 16.8 Å². The van der Waals surface area contributed by atoms with E-state index in [4.69, 9.17) is 0 Å². The Morgan fingerprint density at radius 2 is 2.00 bits per heavy atom. The Hall–Kier alpha value is -2.33. The lowest BCUT2D eigenvalue weighted by molar-refractivity contribution is 0.145. The molecule has 2 bridgehead atoms. The molecule has 4 heterocycles. The molecule has 1 fully saturated rings. The highest BCUT2D eigenvalue weighted by atomic mass is 16.1. The molecular weight excluding hydrogens is 298 g/mol. The molecule has 4 heteroatoms. The lowest BCUT2D eigenvalue weighted by atomic mass is 9.80. The maximum atomic E-state index is 12.5. The zero-order valence-corrected chi connectivity index (χ0v) is 13.8. The molecule has 2 aliphatic heterocycles. The topological polar surface area (TPSA) is 41.0 Å². The molecule has 2 aliphatic rings. The summed E-state index contributed by atoms with van der Waals surface area (Å²) in [6, 6.07) is 12.4. The molecule has 24 heavy (non-hydrogen) atoms. The number of H-pyrrole nitrogens is 1. The summed E-state index contributed by atoms with van der Waals surface area (Å²) >= 11 is 0. The van der Waals surface area contributed by atoms with Crippen molar-refractivity contribution in [3.8, 4) is 11.1 Å². The quantitative estimate of drug-likeness (QED) is 0.749. The van der Waals surface area contributed by atoms with Crippen molar-refractivity contribution in [2.24, 2.45) is 5.92 Å². The van der Waals surface area contributed by atoms with Gasteiger partial charge in [-0.2, -0.15) is 0 Å². The van der Waals surface area contributed by atoms with Crippen molar-refractivity contribution in [3.63, 3.8) is 0 Å². The van der Waals surface area contributed by atoms with E-state index in [2.05, 4.69) is 41.2 Å². The average Bonchev–Trinajstić information content (AvgIpc) is 3.03. The van der Waals surface area contributed by atoms with Gasteiger partial charge in [0.1, 0.15) is 0 Å². The highest BCUT2D eigenvalue weighted by Crippen LogP contribution is 2.39. The number of likely N-dealkylation sites (N-methyl/N-ethyl adjacent to an activating group) is 1. The maximum Gasteiger partial charge on any atom is 0.250 e. The second-order valence-electron chi connectivity index (χ2n) is 7.38. The van der Waals surface area contributed by atoms with Crippen LogP contribution in [-0.4, -0.2) is 34.6 Å². The fourth-order valence-electron chi connectivity index (χ4n) is 4.72. The van der Waals surface area contributed by atoms with Crippen LogP contribution in [-0.2, 0) is 6.54 Å². The van der Waals surface area contributed by atoms with Gasteiger partial charge < -0.3 is 14.5 Å². The number of hydrogen-bond acceptors (Lipinski definition) is 2. The molecule has 2 atom stereocenters. The first-order valence-electron chi connectivity index (χ1n) is 8.69. The molecule has 1 N–H and O–H groups in total. The second-order valence-corrected chi connectivity index (χ2v) is 7.38. The summed E-state index contributed by atoms with van der Waals surface area (Å²) in [7, 11) is 2.20. The third-order valence-electron chi connectivity index (χ3n) is 5.64. The minimum absolute atomic E-state index is 0.149. The molecule has 1 aromatic carbocycles. The van der Waals surface area contributed by atoms with E-state index in [1.165, 1.54) is 28.6 Å². The number of nitrogens with zero attached hydrogens (tertiary/aromatic N) is 2. The standard InChI is InChI=1S/C20H21N3O/c1-22-10-13-8-16(12-22)20-17(3-5-19(24)23(20)11-13)14-2-4-18-15(9-14)6-7-21-18/h2-7,9,13,16,21H,8,10-12H2,1H3. The van der Waals surface area contributed by atoms with E-state index in [0.717, 1.165) is 25.2 Å². The summed E-state index contributed by atoms with van der Waals surface area (Å²) in [5.74, 6) is 1.05. The van der Waals surface area contributed by atoms with Crippen LogP contribution in [0.15, 0.2) is 47.4 Å². The minimum atomic E-state index is 0.149. The van der Waals surface area contributed by atoms with E-state index >= 15 is 0 Å². The van der Waals surface area contributed by atoms with Crippen LogP contribution in [0.1, 0.15) is 18.0 Å². The van der Waals surface area contributed by atoms with Gasteiger partial charge in [-0.15, -0.1) is 0 Å². The van der Waals surface area contributed by atoms with Crippen molar-refractivity contribution in [3.05, 3.63) is 58.6 Å². The Morgan fingerprint density at radius 1 is 1.08 bits per heavy atom. The molecule has 0 radical (unpaired) electrons. The Morgan fingerprint density at radius 3 is 2.92 bits per heavy atom. The molecule has 2 unspecified atom stereocenters. The molecule has 122 valence electrons. The zero-order chi connectivity index (χ0) is 16.3. The summed E-state index contributed by atoms with van der Waals surface area (Å²) in [5, 5.41) is 1.21. The van der Waals surface area contributed by atoms with Gasteiger partial charge in [0.15, 0.2) is 0 Å². The molecule has 1 saturated heterocycles. The van der Waals surface area contributed by atoms with Crippen molar-refractivity contribution < 1.29 is 0 Å². The highest BCUT2D eigenvalue weighted by Gasteiger charge is 2.35. The number of rotatable bonds is 1. The molecule has 0 amide bonds. The first-order valence-corrected chi connectivity index (χ1v) is 8.69. The van der Waals surface area contributed by atoms with E-state index < -0.39 is 0 Å². The lowest BCUT2D eigenvalue weighted by Gasteiger charge is -2.42. The maximum absolute atomic E-state index is 12.5. The second kappa shape index (κ2) is 5.08. The van der Waals surface area contributed by atoms with Gasteiger partial charge >= 0.3 is 0 Å². The van der Waals surface area contributed by atoms with Crippen LogP contribution in [0.3, 0.4) is 0 Å². The van der Waals surface area contributed by atoms with Gasteiger partial charge in [0.25, 0.3) is 5.56 Å². The van der Waals surface area contributed by atoms with Gasteiger partial charge in [0, 0.05) is 54.6 Å². The van der Waals surface area contributed by atoms with E-state index in [-0.39, 0.29) is 5.56 Å². The molecule has 5 rings (SSSR count). The molecule has 0 saturated carbocycles. The summed E-state index contributed by atoms with van der Waals surface area (Å²) in [4.78, 5) is 18.1. The Kier molecular flexibility index (Phi) is 2.98. The van der Waals surface area contributed by atoms with Crippen LogP contribution in [0, 0.1) is 5.92 Å². The highest BCUT2D eigenvalue weighted by molar-refractivity contribution is 5.85. The van der Waals surface area contributed by atoms with Gasteiger partial charge in [-0.1, -0.05) is 6.07 Å². The first-order chi connectivity index (χ1) is 11.7. The Labute approximate surface area is 140 Å². The Bertz CT molecular complexity index is 984. The largest absolute Gasteiger partial charge is 0.361 e. The fraction of sp³-hybridized carbons (Fsp3) is 0.350. The fourth-order valence-corrected chi connectivity index (χ4v) is 4.72. The molecule has 0 aliphatic carbocycles. The first kappa shape index (κ1) is 14.1. The van der Waals surface area contributed by atoms with Gasteiger partial charge in [-0.3, -0.25) is 4.79 Å². The van der Waals surface area contributed by atoms with E-state index in [9.17, 15) is 4.79 Å². The zero-order valence-electron chi connectivity index (χ0n) is 13.8. The van der Waals surface area contributed by atoms with E-state index in [0.29, 0.717) is 11.8 Å². The predicted molar refractivity (Wildman–Crippen MR) is 96.3 cm³/mol. The number of piperidine rings is 1. The third-order valence-corrected chi connectivity index (χ3v) is 5.64. The van der Waals surface area contributed by atoms with Crippen LogP contribution < -0.4 is 5.56 Å².